The number of nitrogens with two attached hydrogens (primary N) is 1. The quantitative estimate of drug-likeness (QED) is 0.218. The number of ether oxygens (including phenoxy) is 5. The fraction of sp³-hybridized carbons (Fsp3) is 0.412. The topological polar surface area (TPSA) is 139 Å². The van der Waals surface area contributed by atoms with Crippen LogP contribution in [0.3, 0.4) is 0 Å². The number of carbonyl (C=O) groups is 2. The van der Waals surface area contributed by atoms with Crippen molar-refractivity contribution >= 4 is 23.6 Å². The van der Waals surface area contributed by atoms with Crippen LogP contribution in [0.15, 0.2) is 48.5 Å². The number of benzene rings is 3. The van der Waals surface area contributed by atoms with Crippen molar-refractivity contribution in [2.45, 2.75) is 63.6 Å². The Morgan fingerprint density at radius 2 is 1.85 bits per heavy atom. The SMILES string of the molecule is CC(C)(C)OC(=O)NCC1(c2ccccc2)Oc2cc(F)c(Cl)c(-c3c(C(N)=O)ccc(OCCOC4CCCCO4)c3F)c2C1O. The van der Waals surface area contributed by atoms with Crippen molar-refractivity contribution in [2.24, 2.45) is 5.73 Å². The summed E-state index contributed by atoms with van der Waals surface area (Å²) < 4.78 is 60.4. The monoisotopic (exact) mass is 674 g/mol. The number of nitrogens with one attached hydrogen (secondary N) is 1. The van der Waals surface area contributed by atoms with E-state index in [4.69, 9.17) is 41.0 Å². The molecule has 0 aromatic heterocycles. The first-order valence-corrected chi connectivity index (χ1v) is 15.6. The predicted molar refractivity (Wildman–Crippen MR) is 168 cm³/mol. The summed E-state index contributed by atoms with van der Waals surface area (Å²) in [6.07, 6.45) is -0.192. The van der Waals surface area contributed by atoms with E-state index in [1.54, 1.807) is 51.1 Å². The highest BCUT2D eigenvalue weighted by Crippen LogP contribution is 2.55. The molecule has 3 aromatic carbocycles. The van der Waals surface area contributed by atoms with E-state index < -0.39 is 51.5 Å². The van der Waals surface area contributed by atoms with Gasteiger partial charge in [-0.15, -0.1) is 0 Å². The lowest BCUT2D eigenvalue weighted by Gasteiger charge is -2.33. The van der Waals surface area contributed by atoms with Crippen molar-refractivity contribution in [1.29, 1.82) is 0 Å². The molecule has 252 valence electrons. The summed E-state index contributed by atoms with van der Waals surface area (Å²) in [6.45, 7) is 5.33. The molecule has 3 aromatic rings. The molecule has 2 aliphatic rings. The van der Waals surface area contributed by atoms with Crippen molar-refractivity contribution in [1.82, 2.24) is 5.32 Å². The van der Waals surface area contributed by atoms with Gasteiger partial charge in [-0.1, -0.05) is 41.9 Å². The molecule has 2 amide bonds. The third kappa shape index (κ3) is 7.30. The normalized spacial score (nSPS) is 20.7. The molecule has 1 saturated heterocycles. The van der Waals surface area contributed by atoms with Crippen LogP contribution in [0.1, 0.15) is 67.6 Å². The lowest BCUT2D eigenvalue weighted by Crippen LogP contribution is -2.47. The number of fused-ring (bicyclic) bond motifs is 1. The van der Waals surface area contributed by atoms with Gasteiger partial charge in [0.25, 0.3) is 0 Å². The first-order chi connectivity index (χ1) is 22.3. The summed E-state index contributed by atoms with van der Waals surface area (Å²) in [7, 11) is 0. The van der Waals surface area contributed by atoms with E-state index in [2.05, 4.69) is 5.32 Å². The van der Waals surface area contributed by atoms with Gasteiger partial charge in [0.1, 0.15) is 29.9 Å². The number of hydrogen-bond acceptors (Lipinski definition) is 8. The predicted octanol–water partition coefficient (Wildman–Crippen LogP) is 6.15. The number of primary amides is 1. The number of carbonyl (C=O) groups excluding carboxylic acids is 2. The summed E-state index contributed by atoms with van der Waals surface area (Å²) in [4.78, 5) is 25.3. The number of aliphatic hydroxyl groups is 1. The fourth-order valence-electron chi connectivity index (χ4n) is 5.68. The summed E-state index contributed by atoms with van der Waals surface area (Å²) >= 11 is 6.50. The van der Waals surface area contributed by atoms with E-state index in [0.717, 1.165) is 25.3 Å². The Kier molecular flexibility index (Phi) is 10.3. The number of hydrogen-bond donors (Lipinski definition) is 3. The van der Waals surface area contributed by atoms with Crippen LogP contribution in [0, 0.1) is 11.6 Å². The van der Waals surface area contributed by atoms with Gasteiger partial charge in [-0.3, -0.25) is 4.79 Å². The molecule has 0 bridgehead atoms. The maximum atomic E-state index is 16.4. The summed E-state index contributed by atoms with van der Waals surface area (Å²) in [5.41, 5.74) is 2.17. The van der Waals surface area contributed by atoms with Crippen LogP contribution in [0.2, 0.25) is 5.02 Å². The van der Waals surface area contributed by atoms with E-state index in [9.17, 15) is 14.7 Å². The van der Waals surface area contributed by atoms with Crippen molar-refractivity contribution in [3.8, 4) is 22.6 Å². The summed E-state index contributed by atoms with van der Waals surface area (Å²) in [5.74, 6) is -3.60. The molecule has 47 heavy (non-hydrogen) atoms. The molecule has 0 aliphatic carbocycles. The molecule has 3 atom stereocenters. The number of rotatable bonds is 10. The smallest absolute Gasteiger partial charge is 0.407 e. The van der Waals surface area contributed by atoms with E-state index in [0.29, 0.717) is 12.2 Å². The highest BCUT2D eigenvalue weighted by Gasteiger charge is 2.52. The van der Waals surface area contributed by atoms with Crippen molar-refractivity contribution in [3.63, 3.8) is 0 Å². The van der Waals surface area contributed by atoms with Crippen molar-refractivity contribution in [2.75, 3.05) is 26.4 Å². The minimum absolute atomic E-state index is 0.0691. The van der Waals surface area contributed by atoms with E-state index in [-0.39, 0.29) is 54.2 Å². The van der Waals surface area contributed by atoms with Gasteiger partial charge in [-0.2, -0.15) is 0 Å². The van der Waals surface area contributed by atoms with Crippen LogP contribution in [0.5, 0.6) is 11.5 Å². The van der Waals surface area contributed by atoms with Crippen LogP contribution in [0.4, 0.5) is 13.6 Å². The molecule has 0 radical (unpaired) electrons. The van der Waals surface area contributed by atoms with Gasteiger partial charge in [0.05, 0.1) is 23.7 Å². The highest BCUT2D eigenvalue weighted by atomic mass is 35.5. The molecule has 4 N–H and O–H groups in total. The van der Waals surface area contributed by atoms with Gasteiger partial charge >= 0.3 is 6.09 Å². The molecule has 10 nitrogen and oxygen atoms in total. The Morgan fingerprint density at radius 1 is 1.11 bits per heavy atom. The first kappa shape index (κ1) is 34.4. The molecule has 13 heteroatoms. The summed E-state index contributed by atoms with van der Waals surface area (Å²) in [6, 6.07) is 11.8. The van der Waals surface area contributed by atoms with Gasteiger partial charge in [0.15, 0.2) is 23.5 Å². The second kappa shape index (κ2) is 14.0. The largest absolute Gasteiger partial charge is 0.488 e. The van der Waals surface area contributed by atoms with Crippen LogP contribution >= 0.6 is 11.6 Å². The molecule has 2 aliphatic heterocycles. The van der Waals surface area contributed by atoms with Crippen LogP contribution in [-0.4, -0.2) is 55.4 Å². The molecule has 5 rings (SSSR count). The third-order valence-corrected chi connectivity index (χ3v) is 8.16. The Hall–Kier alpha value is -3.97. The number of alkyl carbamates (subject to hydrolysis) is 1. The molecule has 2 heterocycles. The van der Waals surface area contributed by atoms with Crippen LogP contribution in [0.25, 0.3) is 11.1 Å². The maximum absolute atomic E-state index is 16.4. The average molecular weight is 675 g/mol. The fourth-order valence-corrected chi connectivity index (χ4v) is 5.93. The third-order valence-electron chi connectivity index (χ3n) is 7.79. The van der Waals surface area contributed by atoms with E-state index >= 15 is 8.78 Å². The Balaban J connectivity index is 1.55. The molecule has 3 unspecified atom stereocenters. The van der Waals surface area contributed by atoms with Gasteiger partial charge in [0.2, 0.25) is 5.91 Å². The average Bonchev–Trinajstić information content (AvgIpc) is 3.31. The first-order valence-electron chi connectivity index (χ1n) is 15.2. The molecule has 0 saturated carbocycles. The zero-order valence-corrected chi connectivity index (χ0v) is 27.0. The number of amides is 2. The Bertz CT molecular complexity index is 1630. The molecular weight excluding hydrogens is 638 g/mol. The van der Waals surface area contributed by atoms with Crippen LogP contribution < -0.4 is 20.5 Å². The lowest BCUT2D eigenvalue weighted by atomic mass is 9.83. The van der Waals surface area contributed by atoms with Crippen molar-refractivity contribution in [3.05, 3.63) is 81.9 Å². The maximum Gasteiger partial charge on any atom is 0.407 e. The van der Waals surface area contributed by atoms with Crippen molar-refractivity contribution < 1.29 is 47.2 Å². The molecule has 1 fully saturated rings. The molecular formula is C34H37ClF2N2O8. The Labute approximate surface area is 276 Å². The van der Waals surface area contributed by atoms with E-state index in [1.807, 2.05) is 0 Å². The Morgan fingerprint density at radius 3 is 2.51 bits per heavy atom. The zero-order chi connectivity index (χ0) is 33.9. The number of aliphatic hydroxyl groups excluding tert-OH is 1. The lowest BCUT2D eigenvalue weighted by molar-refractivity contribution is -0.165. The van der Waals surface area contributed by atoms with E-state index in [1.165, 1.54) is 12.1 Å². The highest BCUT2D eigenvalue weighted by molar-refractivity contribution is 6.34. The standard InChI is InChI=1S/C34H37ClF2N2O8/c1-33(2,3)47-32(42)39-18-34(19-9-5-4-6-10-19)30(40)26-23(46-34)17-21(36)28(35)27(26)25-20(31(38)41)12-13-22(29(25)37)43-15-16-45-24-11-7-8-14-44-24/h4-6,9-10,12-13,17,24,30,40H,7-8,11,14-16,18H2,1-3H3,(H2,38,41)(H,39,42). The van der Waals surface area contributed by atoms with Gasteiger partial charge < -0.3 is 39.8 Å². The summed E-state index contributed by atoms with van der Waals surface area (Å²) in [5, 5.41) is 14.1. The van der Waals surface area contributed by atoms with Crippen LogP contribution in [-0.2, 0) is 19.8 Å². The van der Waals surface area contributed by atoms with Gasteiger partial charge in [-0.25, -0.2) is 13.6 Å². The minimum Gasteiger partial charge on any atom is -0.488 e. The zero-order valence-electron chi connectivity index (χ0n) is 26.2. The number of halogens is 3. The van der Waals surface area contributed by atoms with Gasteiger partial charge in [-0.05, 0) is 52.2 Å². The second-order valence-corrected chi connectivity index (χ2v) is 12.6. The van der Waals surface area contributed by atoms with Gasteiger partial charge in [0, 0.05) is 34.9 Å². The minimum atomic E-state index is -1.75. The molecule has 0 spiro atoms. The second-order valence-electron chi connectivity index (χ2n) is 12.3.